The average Bonchev–Trinajstić information content (AvgIpc) is 2.92. The van der Waals surface area contributed by atoms with Crippen molar-refractivity contribution in [2.75, 3.05) is 13.1 Å². The van der Waals surface area contributed by atoms with E-state index < -0.39 is 11.9 Å². The Morgan fingerprint density at radius 3 is 1.89 bits per heavy atom. The summed E-state index contributed by atoms with van der Waals surface area (Å²) in [7, 11) is 0. The van der Waals surface area contributed by atoms with Crippen LogP contribution in [0.25, 0.3) is 0 Å². The number of carboxylic acids is 1. The maximum atomic E-state index is 12.6. The van der Waals surface area contributed by atoms with Crippen LogP contribution in [0, 0.1) is 23.7 Å². The summed E-state index contributed by atoms with van der Waals surface area (Å²) >= 11 is 0. The van der Waals surface area contributed by atoms with Crippen LogP contribution in [0.1, 0.15) is 38.5 Å². The van der Waals surface area contributed by atoms with Gasteiger partial charge in [-0.2, -0.15) is 0 Å². The van der Waals surface area contributed by atoms with Gasteiger partial charge >= 0.3 is 5.97 Å². The molecule has 1 N–H and O–H groups in total. The Bertz CT molecular complexity index is 354. The number of carboxylic acid groups (broad SMARTS) is 1. The summed E-state index contributed by atoms with van der Waals surface area (Å²) in [5.41, 5.74) is 0. The molecule has 100 valence electrons. The predicted octanol–water partition coefficient (Wildman–Crippen LogP) is 1.75. The minimum Gasteiger partial charge on any atom is -0.481 e. The Labute approximate surface area is 107 Å². The number of likely N-dealkylation sites (tertiary alicyclic amines) is 1. The van der Waals surface area contributed by atoms with Crippen molar-refractivity contribution in [3.8, 4) is 0 Å². The van der Waals surface area contributed by atoms with Gasteiger partial charge < -0.3 is 10.0 Å². The Morgan fingerprint density at radius 1 is 0.889 bits per heavy atom. The first kappa shape index (κ1) is 12.0. The van der Waals surface area contributed by atoms with E-state index in [1.165, 1.54) is 0 Å². The second kappa shape index (κ2) is 4.56. The Kier molecular flexibility index (Phi) is 3.04. The molecule has 1 saturated heterocycles. The van der Waals surface area contributed by atoms with Crippen molar-refractivity contribution in [1.29, 1.82) is 0 Å². The highest BCUT2D eigenvalue weighted by Crippen LogP contribution is 2.49. The van der Waals surface area contributed by atoms with Crippen molar-refractivity contribution < 1.29 is 14.7 Å². The number of aliphatic carboxylic acids is 1. The summed E-state index contributed by atoms with van der Waals surface area (Å²) in [6.07, 6.45) is 6.27. The molecule has 3 aliphatic carbocycles. The highest BCUT2D eigenvalue weighted by atomic mass is 16.4. The zero-order valence-electron chi connectivity index (χ0n) is 10.7. The molecule has 18 heavy (non-hydrogen) atoms. The smallest absolute Gasteiger partial charge is 0.307 e. The summed E-state index contributed by atoms with van der Waals surface area (Å²) in [4.78, 5) is 26.0. The molecule has 1 aliphatic heterocycles. The molecule has 2 atom stereocenters. The molecule has 4 aliphatic rings. The topological polar surface area (TPSA) is 57.6 Å². The molecule has 0 spiro atoms. The van der Waals surface area contributed by atoms with Gasteiger partial charge in [-0.15, -0.1) is 0 Å². The van der Waals surface area contributed by atoms with E-state index in [1.807, 2.05) is 4.90 Å². The van der Waals surface area contributed by atoms with Crippen LogP contribution in [-0.4, -0.2) is 35.0 Å². The lowest BCUT2D eigenvalue weighted by molar-refractivity contribution is -0.161. The molecular weight excluding hydrogens is 230 g/mol. The number of hydrogen-bond donors (Lipinski definition) is 1. The molecule has 0 aromatic heterocycles. The molecule has 4 heteroatoms. The number of rotatable bonds is 2. The van der Waals surface area contributed by atoms with Crippen LogP contribution in [0.5, 0.6) is 0 Å². The first-order valence-corrected chi connectivity index (χ1v) is 7.20. The van der Waals surface area contributed by atoms with E-state index in [0.717, 1.165) is 51.6 Å². The van der Waals surface area contributed by atoms with Gasteiger partial charge in [-0.1, -0.05) is 0 Å². The summed E-state index contributed by atoms with van der Waals surface area (Å²) in [6, 6.07) is 0. The zero-order valence-corrected chi connectivity index (χ0v) is 10.7. The highest BCUT2D eigenvalue weighted by Gasteiger charge is 2.51. The maximum absolute atomic E-state index is 12.6. The third-order valence-electron chi connectivity index (χ3n) is 5.21. The average molecular weight is 251 g/mol. The fourth-order valence-electron chi connectivity index (χ4n) is 4.31. The van der Waals surface area contributed by atoms with Crippen molar-refractivity contribution >= 4 is 11.9 Å². The molecule has 1 heterocycles. The van der Waals surface area contributed by atoms with Crippen LogP contribution in [-0.2, 0) is 9.59 Å². The lowest BCUT2D eigenvalue weighted by Gasteiger charge is -2.46. The van der Waals surface area contributed by atoms with E-state index in [9.17, 15) is 14.7 Å². The summed E-state index contributed by atoms with van der Waals surface area (Å²) in [5, 5.41) is 9.45. The van der Waals surface area contributed by atoms with Gasteiger partial charge in [0.2, 0.25) is 5.91 Å². The normalized spacial score (nSPS) is 39.0. The van der Waals surface area contributed by atoms with Crippen LogP contribution in [0.3, 0.4) is 0 Å². The fourth-order valence-corrected chi connectivity index (χ4v) is 4.31. The van der Waals surface area contributed by atoms with E-state index in [-0.39, 0.29) is 17.7 Å². The molecule has 0 radical (unpaired) electrons. The van der Waals surface area contributed by atoms with Crippen molar-refractivity contribution in [2.24, 2.45) is 23.7 Å². The summed E-state index contributed by atoms with van der Waals surface area (Å²) in [6.45, 7) is 1.66. The van der Waals surface area contributed by atoms with Crippen LogP contribution in [0.4, 0.5) is 0 Å². The Hall–Kier alpha value is -1.06. The van der Waals surface area contributed by atoms with Crippen molar-refractivity contribution in [3.05, 3.63) is 0 Å². The molecule has 3 saturated carbocycles. The quantitative estimate of drug-likeness (QED) is 0.813. The van der Waals surface area contributed by atoms with E-state index in [1.54, 1.807) is 0 Å². The van der Waals surface area contributed by atoms with Gasteiger partial charge in [0.15, 0.2) is 0 Å². The van der Waals surface area contributed by atoms with Crippen molar-refractivity contribution in [3.63, 3.8) is 0 Å². The predicted molar refractivity (Wildman–Crippen MR) is 65.9 cm³/mol. The Morgan fingerprint density at radius 2 is 1.39 bits per heavy atom. The molecular formula is C14H21NO3. The van der Waals surface area contributed by atoms with Crippen LogP contribution < -0.4 is 0 Å². The SMILES string of the molecule is O=C(O)[C@@H]1C2CCC(CC2)[C@H]1C(=O)N1CCCC1. The summed E-state index contributed by atoms with van der Waals surface area (Å²) < 4.78 is 0. The number of hydrogen-bond acceptors (Lipinski definition) is 2. The van der Waals surface area contributed by atoms with Gasteiger partial charge in [-0.3, -0.25) is 9.59 Å². The van der Waals surface area contributed by atoms with Crippen molar-refractivity contribution in [2.45, 2.75) is 38.5 Å². The minimum atomic E-state index is -0.748. The lowest BCUT2D eigenvalue weighted by Crippen LogP contribution is -2.51. The third-order valence-corrected chi connectivity index (χ3v) is 5.21. The van der Waals surface area contributed by atoms with Crippen molar-refractivity contribution in [1.82, 2.24) is 4.90 Å². The highest BCUT2D eigenvalue weighted by molar-refractivity contribution is 5.86. The maximum Gasteiger partial charge on any atom is 0.307 e. The summed E-state index contributed by atoms with van der Waals surface area (Å²) in [5.74, 6) is -0.691. The van der Waals surface area contributed by atoms with E-state index in [4.69, 9.17) is 0 Å². The van der Waals surface area contributed by atoms with Crippen LogP contribution >= 0.6 is 0 Å². The number of amides is 1. The fraction of sp³-hybridized carbons (Fsp3) is 0.857. The zero-order chi connectivity index (χ0) is 12.7. The van der Waals surface area contributed by atoms with Gasteiger partial charge in [0.25, 0.3) is 0 Å². The number of carbonyl (C=O) groups is 2. The van der Waals surface area contributed by atoms with Gasteiger partial charge in [0.1, 0.15) is 0 Å². The molecule has 4 rings (SSSR count). The van der Waals surface area contributed by atoms with E-state index in [0.29, 0.717) is 5.92 Å². The molecule has 0 aromatic carbocycles. The third kappa shape index (κ3) is 1.82. The molecule has 4 fully saturated rings. The molecule has 2 bridgehead atoms. The van der Waals surface area contributed by atoms with Gasteiger partial charge in [-0.05, 0) is 50.4 Å². The van der Waals surface area contributed by atoms with Gasteiger partial charge in [0, 0.05) is 13.1 Å². The second-order valence-electron chi connectivity index (χ2n) is 6.10. The number of carbonyl (C=O) groups excluding carboxylic acids is 1. The molecule has 1 amide bonds. The van der Waals surface area contributed by atoms with Gasteiger partial charge in [-0.25, -0.2) is 0 Å². The second-order valence-corrected chi connectivity index (χ2v) is 6.10. The van der Waals surface area contributed by atoms with Crippen LogP contribution in [0.2, 0.25) is 0 Å². The van der Waals surface area contributed by atoms with Gasteiger partial charge in [0.05, 0.1) is 11.8 Å². The van der Waals surface area contributed by atoms with E-state index >= 15 is 0 Å². The number of nitrogens with zero attached hydrogens (tertiary/aromatic N) is 1. The number of fused-ring (bicyclic) bond motifs is 3. The molecule has 0 unspecified atom stereocenters. The largest absolute Gasteiger partial charge is 0.481 e. The monoisotopic (exact) mass is 251 g/mol. The molecule has 0 aromatic rings. The van der Waals surface area contributed by atoms with Crippen LogP contribution in [0.15, 0.2) is 0 Å². The standard InChI is InChI=1S/C14H21NO3/c16-13(15-7-1-2-8-15)11-9-3-5-10(6-4-9)12(11)14(17)18/h9-12H,1-8H2,(H,17,18)/t9?,10?,11-,12-/m1/s1. The molecule has 4 nitrogen and oxygen atoms in total. The first-order valence-electron chi connectivity index (χ1n) is 7.20. The van der Waals surface area contributed by atoms with E-state index in [2.05, 4.69) is 0 Å². The minimum absolute atomic E-state index is 0.134. The Balaban J connectivity index is 1.83. The lowest BCUT2D eigenvalue weighted by atomic mass is 9.58. The first-order chi connectivity index (χ1) is 8.68.